The predicted octanol–water partition coefficient (Wildman–Crippen LogP) is 2.14. The van der Waals surface area contributed by atoms with Crippen molar-refractivity contribution in [1.82, 2.24) is 10.2 Å². The number of benzene rings is 1. The highest BCUT2D eigenvalue weighted by Gasteiger charge is 2.51. The minimum atomic E-state index is -1.39. The van der Waals surface area contributed by atoms with E-state index in [1.807, 2.05) is 0 Å². The average molecular weight is 363 g/mol. The minimum absolute atomic E-state index is 0.0368. The topological polar surface area (TPSA) is 95.2 Å². The van der Waals surface area contributed by atoms with E-state index in [1.54, 1.807) is 31.2 Å². The van der Waals surface area contributed by atoms with Gasteiger partial charge in [-0.05, 0) is 24.6 Å². The van der Waals surface area contributed by atoms with Crippen LogP contribution in [-0.2, 0) is 16.0 Å². The Morgan fingerprint density at radius 1 is 1.44 bits per heavy atom. The third-order valence-electron chi connectivity index (χ3n) is 4.57. The van der Waals surface area contributed by atoms with Crippen molar-refractivity contribution in [3.8, 4) is 0 Å². The number of hydrogen-bond donors (Lipinski definition) is 3. The van der Waals surface area contributed by atoms with Crippen LogP contribution in [0.1, 0.15) is 29.7 Å². The predicted molar refractivity (Wildman–Crippen MR) is 93.7 cm³/mol. The zero-order valence-corrected chi connectivity index (χ0v) is 14.5. The molecule has 0 saturated heterocycles. The van der Waals surface area contributed by atoms with Crippen molar-refractivity contribution >= 4 is 17.6 Å². The number of aliphatic hydroxyl groups is 1. The Morgan fingerprint density at radius 2 is 2.12 bits per heavy atom. The summed E-state index contributed by atoms with van der Waals surface area (Å²) < 4.78 is 5.21. The molecule has 1 aromatic carbocycles. The van der Waals surface area contributed by atoms with Gasteiger partial charge in [-0.15, -0.1) is 0 Å². The summed E-state index contributed by atoms with van der Waals surface area (Å²) >= 11 is 5.96. The molecule has 0 amide bonds. The first-order chi connectivity index (χ1) is 11.8. The molecule has 0 radical (unpaired) electrons. The molecule has 0 bridgehead atoms. The summed E-state index contributed by atoms with van der Waals surface area (Å²) in [6, 6.07) is 6.87. The summed E-state index contributed by atoms with van der Waals surface area (Å²) in [7, 11) is 0. The fraction of sp³-hybridized carbons (Fsp3) is 0.333. The minimum Gasteiger partial charge on any atom is -0.461 e. The van der Waals surface area contributed by atoms with Crippen molar-refractivity contribution in [2.75, 3.05) is 6.61 Å². The molecule has 1 aromatic heterocycles. The number of carbonyl (C=O) groups is 1. The van der Waals surface area contributed by atoms with Crippen LogP contribution in [0.3, 0.4) is 0 Å². The number of aromatic amines is 2. The Balaban J connectivity index is 2.16. The van der Waals surface area contributed by atoms with Gasteiger partial charge in [-0.2, -0.15) is 0 Å². The second-order valence-corrected chi connectivity index (χ2v) is 6.87. The van der Waals surface area contributed by atoms with E-state index in [4.69, 9.17) is 16.3 Å². The Labute approximate surface area is 149 Å². The Morgan fingerprint density at radius 3 is 2.76 bits per heavy atom. The summed E-state index contributed by atoms with van der Waals surface area (Å²) in [5, 5.41) is 16.8. The van der Waals surface area contributed by atoms with Crippen LogP contribution in [0.2, 0.25) is 5.02 Å². The molecule has 0 fully saturated rings. The van der Waals surface area contributed by atoms with Gasteiger partial charge in [0.1, 0.15) is 6.61 Å². The molecule has 1 heterocycles. The number of aromatic nitrogens is 2. The van der Waals surface area contributed by atoms with Gasteiger partial charge in [-0.1, -0.05) is 36.4 Å². The molecule has 1 aliphatic rings. The van der Waals surface area contributed by atoms with Gasteiger partial charge in [0.05, 0.1) is 11.5 Å². The van der Waals surface area contributed by atoms with E-state index >= 15 is 0 Å². The second kappa shape index (κ2) is 6.54. The summed E-state index contributed by atoms with van der Waals surface area (Å²) in [5.41, 5.74) is 0.0288. The van der Waals surface area contributed by atoms with Crippen LogP contribution in [0.25, 0.3) is 0 Å². The fourth-order valence-electron chi connectivity index (χ4n) is 3.52. The van der Waals surface area contributed by atoms with Gasteiger partial charge in [-0.3, -0.25) is 14.7 Å². The lowest BCUT2D eigenvalue weighted by molar-refractivity contribution is -0.158. The molecule has 0 spiro atoms. The number of esters is 1. The van der Waals surface area contributed by atoms with E-state index in [0.29, 0.717) is 21.8 Å². The van der Waals surface area contributed by atoms with Crippen LogP contribution in [0.4, 0.5) is 0 Å². The average Bonchev–Trinajstić information content (AvgIpc) is 2.91. The standard InChI is InChI=1S/C18H19ClN2O4/c1-3-8-25-17(23)15-13(10-4-6-11(19)7-5-10)14-12(9-18(15,2)24)20-21-16(14)22/h3-7,13,15,24H,1,8-9H2,2H3,(H2,20,21,22)/t13-,15+,18+/m0/s1. The Kier molecular flexibility index (Phi) is 4.58. The Bertz CT molecular complexity index is 851. The molecular weight excluding hydrogens is 344 g/mol. The first-order valence-corrected chi connectivity index (χ1v) is 8.27. The molecule has 6 nitrogen and oxygen atoms in total. The lowest BCUT2D eigenvalue weighted by Crippen LogP contribution is -2.50. The monoisotopic (exact) mass is 362 g/mol. The smallest absolute Gasteiger partial charge is 0.313 e. The van der Waals surface area contributed by atoms with E-state index < -0.39 is 23.4 Å². The number of rotatable bonds is 4. The van der Waals surface area contributed by atoms with Crippen molar-refractivity contribution < 1.29 is 14.6 Å². The molecular formula is C18H19ClN2O4. The molecule has 0 aliphatic heterocycles. The van der Waals surface area contributed by atoms with Gasteiger partial charge >= 0.3 is 5.97 Å². The van der Waals surface area contributed by atoms with Crippen LogP contribution in [0.5, 0.6) is 0 Å². The summed E-state index contributed by atoms with van der Waals surface area (Å²) in [5.74, 6) is -2.16. The van der Waals surface area contributed by atoms with E-state index in [0.717, 1.165) is 0 Å². The molecule has 132 valence electrons. The highest BCUT2D eigenvalue weighted by Crippen LogP contribution is 2.44. The number of halogens is 1. The summed E-state index contributed by atoms with van der Waals surface area (Å²) in [6.45, 7) is 5.14. The van der Waals surface area contributed by atoms with Crippen molar-refractivity contribution in [3.63, 3.8) is 0 Å². The molecule has 0 unspecified atom stereocenters. The third kappa shape index (κ3) is 3.15. The number of ether oxygens (including phenoxy) is 1. The molecule has 25 heavy (non-hydrogen) atoms. The SMILES string of the molecule is C=CCOC(=O)[C@H]1[C@@H](c2ccc(Cl)cc2)c2c([nH][nH]c2=O)C[C@@]1(C)O. The number of H-pyrrole nitrogens is 2. The zero-order valence-electron chi connectivity index (χ0n) is 13.7. The van der Waals surface area contributed by atoms with Gasteiger partial charge in [-0.25, -0.2) is 0 Å². The van der Waals surface area contributed by atoms with Gasteiger partial charge in [0.25, 0.3) is 5.56 Å². The van der Waals surface area contributed by atoms with Crippen molar-refractivity contribution in [1.29, 1.82) is 0 Å². The second-order valence-electron chi connectivity index (χ2n) is 6.43. The third-order valence-corrected chi connectivity index (χ3v) is 4.82. The largest absolute Gasteiger partial charge is 0.461 e. The normalized spacial score (nSPS) is 25.2. The van der Waals surface area contributed by atoms with E-state index in [9.17, 15) is 14.7 Å². The highest BCUT2D eigenvalue weighted by atomic mass is 35.5. The maximum absolute atomic E-state index is 12.7. The zero-order chi connectivity index (χ0) is 18.2. The number of nitrogens with one attached hydrogen (secondary N) is 2. The maximum atomic E-state index is 12.7. The molecule has 2 aromatic rings. The molecule has 7 heteroatoms. The van der Waals surface area contributed by atoms with E-state index in [-0.39, 0.29) is 18.6 Å². The molecule has 3 atom stereocenters. The van der Waals surface area contributed by atoms with Crippen molar-refractivity contribution in [2.45, 2.75) is 24.9 Å². The molecule has 1 aliphatic carbocycles. The van der Waals surface area contributed by atoms with Gasteiger partial charge in [0.2, 0.25) is 0 Å². The number of carbonyl (C=O) groups excluding carboxylic acids is 1. The first-order valence-electron chi connectivity index (χ1n) is 7.90. The molecule has 3 rings (SSSR count). The van der Waals surface area contributed by atoms with Crippen molar-refractivity contribution in [2.24, 2.45) is 5.92 Å². The quantitative estimate of drug-likeness (QED) is 0.573. The number of hydrogen-bond acceptors (Lipinski definition) is 4. The van der Waals surface area contributed by atoms with Crippen LogP contribution in [0, 0.1) is 5.92 Å². The Hall–Kier alpha value is -2.31. The van der Waals surface area contributed by atoms with Gasteiger partial charge < -0.3 is 14.9 Å². The highest BCUT2D eigenvalue weighted by molar-refractivity contribution is 6.30. The van der Waals surface area contributed by atoms with Crippen molar-refractivity contribution in [3.05, 3.63) is 69.1 Å². The maximum Gasteiger partial charge on any atom is 0.313 e. The molecule has 0 saturated carbocycles. The van der Waals surface area contributed by atoms with Crippen LogP contribution < -0.4 is 5.56 Å². The fourth-order valence-corrected chi connectivity index (χ4v) is 3.64. The van der Waals surface area contributed by atoms with Crippen LogP contribution >= 0.6 is 11.6 Å². The van der Waals surface area contributed by atoms with Gasteiger partial charge in [0, 0.05) is 28.6 Å². The summed E-state index contributed by atoms with van der Waals surface area (Å²) in [6.07, 6.45) is 1.60. The van der Waals surface area contributed by atoms with Crippen LogP contribution in [-0.4, -0.2) is 33.5 Å². The van der Waals surface area contributed by atoms with E-state index in [2.05, 4.69) is 16.8 Å². The lowest BCUT2D eigenvalue weighted by Gasteiger charge is -2.40. The number of fused-ring (bicyclic) bond motifs is 1. The lowest BCUT2D eigenvalue weighted by atomic mass is 9.66. The van der Waals surface area contributed by atoms with Crippen LogP contribution in [0.15, 0.2) is 41.7 Å². The summed E-state index contributed by atoms with van der Waals surface area (Å²) in [4.78, 5) is 25.0. The van der Waals surface area contributed by atoms with Gasteiger partial charge in [0.15, 0.2) is 0 Å². The first kappa shape index (κ1) is 17.5. The van der Waals surface area contributed by atoms with E-state index in [1.165, 1.54) is 6.08 Å². The molecule has 3 N–H and O–H groups in total.